The summed E-state index contributed by atoms with van der Waals surface area (Å²) in [5, 5.41) is 3.08. The van der Waals surface area contributed by atoms with Crippen molar-refractivity contribution in [1.82, 2.24) is 9.97 Å². The minimum atomic E-state index is -0.146. The van der Waals surface area contributed by atoms with Gasteiger partial charge in [-0.05, 0) is 19.3 Å². The van der Waals surface area contributed by atoms with Crippen molar-refractivity contribution < 1.29 is 0 Å². The van der Waals surface area contributed by atoms with Gasteiger partial charge in [-0.15, -0.1) is 0 Å². The molecule has 5 nitrogen and oxygen atoms in total. The third kappa shape index (κ3) is 4.44. The first kappa shape index (κ1) is 12.7. The van der Waals surface area contributed by atoms with E-state index in [-0.39, 0.29) is 11.6 Å². The molecule has 0 saturated heterocycles. The Labute approximate surface area is 95.5 Å². The lowest BCUT2D eigenvalue weighted by molar-refractivity contribution is 0.508. The molecule has 1 unspecified atom stereocenters. The van der Waals surface area contributed by atoms with Gasteiger partial charge >= 0.3 is 0 Å². The Morgan fingerprint density at radius 1 is 1.56 bits per heavy atom. The van der Waals surface area contributed by atoms with E-state index in [0.29, 0.717) is 24.1 Å². The van der Waals surface area contributed by atoms with Crippen molar-refractivity contribution in [2.45, 2.75) is 33.2 Å². The van der Waals surface area contributed by atoms with Crippen LogP contribution in [0.15, 0.2) is 10.9 Å². The average molecular weight is 224 g/mol. The van der Waals surface area contributed by atoms with Crippen LogP contribution < -0.4 is 16.6 Å². The molecule has 1 aromatic rings. The number of nitrogens with two attached hydrogens (primary N) is 1. The molecule has 0 saturated carbocycles. The van der Waals surface area contributed by atoms with Crippen LogP contribution in [0.3, 0.4) is 0 Å². The molecule has 0 aliphatic carbocycles. The molecular weight excluding hydrogens is 204 g/mol. The second-order valence-corrected chi connectivity index (χ2v) is 4.49. The lowest BCUT2D eigenvalue weighted by atomic mass is 10.0. The molecule has 1 atom stereocenters. The summed E-state index contributed by atoms with van der Waals surface area (Å²) in [6.07, 6.45) is 0.954. The van der Waals surface area contributed by atoms with E-state index in [0.717, 1.165) is 6.42 Å². The Morgan fingerprint density at radius 3 is 2.81 bits per heavy atom. The van der Waals surface area contributed by atoms with Crippen LogP contribution in [0.5, 0.6) is 0 Å². The van der Waals surface area contributed by atoms with E-state index in [4.69, 9.17) is 5.73 Å². The van der Waals surface area contributed by atoms with Gasteiger partial charge < -0.3 is 16.0 Å². The van der Waals surface area contributed by atoms with Gasteiger partial charge in [0, 0.05) is 18.7 Å². The van der Waals surface area contributed by atoms with Crippen molar-refractivity contribution in [1.29, 1.82) is 0 Å². The van der Waals surface area contributed by atoms with Gasteiger partial charge in [-0.3, -0.25) is 4.79 Å². The van der Waals surface area contributed by atoms with Crippen molar-refractivity contribution >= 4 is 5.82 Å². The molecule has 1 heterocycles. The van der Waals surface area contributed by atoms with Crippen molar-refractivity contribution in [3.05, 3.63) is 22.2 Å². The second-order valence-electron chi connectivity index (χ2n) is 4.49. The normalized spacial score (nSPS) is 12.8. The highest BCUT2D eigenvalue weighted by Crippen LogP contribution is 2.04. The minimum Gasteiger partial charge on any atom is -0.368 e. The second kappa shape index (κ2) is 5.65. The molecule has 0 radical (unpaired) electrons. The number of nitrogens with one attached hydrogen (secondary N) is 2. The first-order valence-corrected chi connectivity index (χ1v) is 5.55. The molecule has 0 fully saturated rings. The zero-order chi connectivity index (χ0) is 12.1. The van der Waals surface area contributed by atoms with Crippen LogP contribution in [0.4, 0.5) is 5.82 Å². The van der Waals surface area contributed by atoms with E-state index >= 15 is 0 Å². The van der Waals surface area contributed by atoms with Crippen LogP contribution in [0.25, 0.3) is 0 Å². The topological polar surface area (TPSA) is 83.8 Å². The van der Waals surface area contributed by atoms with Crippen LogP contribution in [-0.4, -0.2) is 22.6 Å². The maximum atomic E-state index is 11.2. The van der Waals surface area contributed by atoms with Crippen molar-refractivity contribution in [3.63, 3.8) is 0 Å². The molecule has 0 aliphatic heterocycles. The summed E-state index contributed by atoms with van der Waals surface area (Å²) in [5.41, 5.74) is 5.78. The number of hydrogen-bond acceptors (Lipinski definition) is 4. The van der Waals surface area contributed by atoms with Gasteiger partial charge in [0.15, 0.2) is 0 Å². The quantitative estimate of drug-likeness (QED) is 0.692. The lowest BCUT2D eigenvalue weighted by Gasteiger charge is -2.15. The molecule has 1 rings (SSSR count). The molecule has 16 heavy (non-hydrogen) atoms. The molecule has 0 aromatic carbocycles. The van der Waals surface area contributed by atoms with E-state index in [1.807, 2.05) is 0 Å². The van der Waals surface area contributed by atoms with Gasteiger partial charge in [0.2, 0.25) is 0 Å². The Morgan fingerprint density at radius 2 is 2.25 bits per heavy atom. The Kier molecular flexibility index (Phi) is 4.49. The van der Waals surface area contributed by atoms with Crippen LogP contribution in [0.1, 0.15) is 26.1 Å². The zero-order valence-corrected chi connectivity index (χ0v) is 10.1. The van der Waals surface area contributed by atoms with Crippen LogP contribution in [0.2, 0.25) is 0 Å². The average Bonchev–Trinajstić information content (AvgIpc) is 2.12. The predicted octanol–water partition coefficient (Wildman–Crippen LogP) is 0.864. The number of H-pyrrole nitrogens is 1. The first-order valence-electron chi connectivity index (χ1n) is 5.55. The summed E-state index contributed by atoms with van der Waals surface area (Å²) in [7, 11) is 0. The van der Waals surface area contributed by atoms with Crippen molar-refractivity contribution in [2.75, 3.05) is 11.9 Å². The fraction of sp³-hybridized carbons (Fsp3) is 0.636. The lowest BCUT2D eigenvalue weighted by Crippen LogP contribution is -2.31. The summed E-state index contributed by atoms with van der Waals surface area (Å²) in [5.74, 6) is 1.76. The molecule has 90 valence electrons. The molecule has 0 aliphatic rings. The number of hydrogen-bond donors (Lipinski definition) is 3. The summed E-state index contributed by atoms with van der Waals surface area (Å²) in [4.78, 5) is 17.9. The number of aryl methyl sites for hydroxylation is 1. The smallest absolute Gasteiger partial charge is 0.252 e. The summed E-state index contributed by atoms with van der Waals surface area (Å²) < 4.78 is 0. The number of aromatic amines is 1. The van der Waals surface area contributed by atoms with Gasteiger partial charge in [-0.2, -0.15) is 0 Å². The van der Waals surface area contributed by atoms with E-state index in [9.17, 15) is 4.79 Å². The monoisotopic (exact) mass is 224 g/mol. The fourth-order valence-electron chi connectivity index (χ4n) is 1.59. The fourth-order valence-corrected chi connectivity index (χ4v) is 1.59. The van der Waals surface area contributed by atoms with Crippen LogP contribution in [-0.2, 0) is 0 Å². The van der Waals surface area contributed by atoms with Gasteiger partial charge in [-0.1, -0.05) is 13.8 Å². The van der Waals surface area contributed by atoms with E-state index in [1.54, 1.807) is 6.92 Å². The highest BCUT2D eigenvalue weighted by molar-refractivity contribution is 5.32. The summed E-state index contributed by atoms with van der Waals surface area (Å²) >= 11 is 0. The number of anilines is 1. The Bertz CT molecular complexity index is 386. The number of rotatable bonds is 5. The maximum Gasteiger partial charge on any atom is 0.252 e. The summed E-state index contributed by atoms with van der Waals surface area (Å²) in [6.45, 7) is 6.65. The zero-order valence-electron chi connectivity index (χ0n) is 10.1. The standard InChI is InChI=1S/C11H20N4O/c1-7(2)4-9(12)6-13-10-5-11(16)15-8(3)14-10/h5,7,9H,4,6,12H2,1-3H3,(H2,13,14,15,16). The summed E-state index contributed by atoms with van der Waals surface area (Å²) in [6, 6.07) is 1.52. The third-order valence-corrected chi connectivity index (χ3v) is 2.18. The Balaban J connectivity index is 2.51. The molecule has 4 N–H and O–H groups in total. The number of aromatic nitrogens is 2. The van der Waals surface area contributed by atoms with Gasteiger partial charge in [0.05, 0.1) is 0 Å². The maximum absolute atomic E-state index is 11.2. The molecule has 1 aromatic heterocycles. The van der Waals surface area contributed by atoms with Crippen LogP contribution in [0, 0.1) is 12.8 Å². The minimum absolute atomic E-state index is 0.0846. The first-order chi connectivity index (χ1) is 7.47. The van der Waals surface area contributed by atoms with E-state index in [2.05, 4.69) is 29.1 Å². The van der Waals surface area contributed by atoms with Crippen molar-refractivity contribution in [2.24, 2.45) is 11.7 Å². The van der Waals surface area contributed by atoms with Gasteiger partial charge in [0.1, 0.15) is 11.6 Å². The van der Waals surface area contributed by atoms with Gasteiger partial charge in [0.25, 0.3) is 5.56 Å². The Hall–Kier alpha value is -1.36. The molecular formula is C11H20N4O. The van der Waals surface area contributed by atoms with Crippen molar-refractivity contribution in [3.8, 4) is 0 Å². The largest absolute Gasteiger partial charge is 0.368 e. The molecule has 5 heteroatoms. The molecule has 0 amide bonds. The number of nitrogens with zero attached hydrogens (tertiary/aromatic N) is 1. The molecule has 0 bridgehead atoms. The van der Waals surface area contributed by atoms with Gasteiger partial charge in [-0.25, -0.2) is 4.98 Å². The van der Waals surface area contributed by atoms with E-state index in [1.165, 1.54) is 6.07 Å². The van der Waals surface area contributed by atoms with E-state index < -0.39 is 0 Å². The third-order valence-electron chi connectivity index (χ3n) is 2.18. The molecule has 0 spiro atoms. The highest BCUT2D eigenvalue weighted by Gasteiger charge is 2.05. The predicted molar refractivity (Wildman–Crippen MR) is 65.5 cm³/mol. The van der Waals surface area contributed by atoms with Crippen LogP contribution >= 0.6 is 0 Å². The SMILES string of the molecule is Cc1nc(NCC(N)CC(C)C)cc(=O)[nH]1. The highest BCUT2D eigenvalue weighted by atomic mass is 16.1.